The molecule has 1 amide bonds. The number of nitrogens with one attached hydrogen (secondary N) is 1. The molecular weight excluding hydrogens is 368 g/mol. The molecule has 150 valence electrons. The molecule has 1 saturated carbocycles. The first kappa shape index (κ1) is 17.9. The quantitative estimate of drug-likeness (QED) is 0.735. The minimum absolute atomic E-state index is 0.0717. The van der Waals surface area contributed by atoms with Gasteiger partial charge in [-0.2, -0.15) is 9.50 Å². The van der Waals surface area contributed by atoms with Crippen molar-refractivity contribution in [2.45, 2.75) is 32.6 Å². The molecule has 1 N–H and O–H groups in total. The van der Waals surface area contributed by atoms with Crippen molar-refractivity contribution in [1.82, 2.24) is 24.5 Å². The maximum atomic E-state index is 12.9. The van der Waals surface area contributed by atoms with Crippen LogP contribution in [-0.4, -0.2) is 56.6 Å². The summed E-state index contributed by atoms with van der Waals surface area (Å²) in [5, 5.41) is 3.07. The van der Waals surface area contributed by atoms with Crippen LogP contribution < -0.4 is 10.5 Å². The van der Waals surface area contributed by atoms with E-state index >= 15 is 0 Å². The Kier molecular flexibility index (Phi) is 4.15. The van der Waals surface area contributed by atoms with Gasteiger partial charge in [0.2, 0.25) is 5.95 Å². The zero-order valence-electron chi connectivity index (χ0n) is 16.7. The standard InChI is InChI=1S/C21H24N6O2/c1-13-3-4-14(2)16(11-13)19(29)25-7-9-26(10-8-25)21-23-20-22-17(15-5-6-15)12-18(28)27(20)24-21/h3-4,11-12,15H,5-10H2,1-2H3,(H,22,23,24). The lowest BCUT2D eigenvalue weighted by Crippen LogP contribution is -2.49. The van der Waals surface area contributed by atoms with Crippen LogP contribution in [0.1, 0.15) is 45.9 Å². The second kappa shape index (κ2) is 6.72. The van der Waals surface area contributed by atoms with E-state index in [1.54, 1.807) is 6.07 Å². The third-order valence-corrected chi connectivity index (χ3v) is 5.82. The van der Waals surface area contributed by atoms with Crippen LogP contribution >= 0.6 is 0 Å². The van der Waals surface area contributed by atoms with Gasteiger partial charge in [-0.15, -0.1) is 0 Å². The van der Waals surface area contributed by atoms with E-state index in [-0.39, 0.29) is 11.5 Å². The number of hydrogen-bond donors (Lipinski definition) is 1. The number of carbonyl (C=O) groups is 1. The summed E-state index contributed by atoms with van der Waals surface area (Å²) in [6.07, 6.45) is 2.19. The van der Waals surface area contributed by atoms with E-state index in [9.17, 15) is 9.59 Å². The van der Waals surface area contributed by atoms with Crippen LogP contribution in [0.4, 0.5) is 5.95 Å². The third-order valence-electron chi connectivity index (χ3n) is 5.82. The van der Waals surface area contributed by atoms with Crippen molar-refractivity contribution in [3.63, 3.8) is 0 Å². The lowest BCUT2D eigenvalue weighted by Gasteiger charge is -2.34. The highest BCUT2D eigenvalue weighted by molar-refractivity contribution is 5.96. The van der Waals surface area contributed by atoms with Crippen LogP contribution in [-0.2, 0) is 0 Å². The molecule has 3 heterocycles. The molecule has 1 aliphatic heterocycles. The monoisotopic (exact) mass is 392 g/mol. The molecule has 1 aliphatic carbocycles. The molecule has 1 saturated heterocycles. The number of rotatable bonds is 3. The smallest absolute Gasteiger partial charge is 0.274 e. The molecule has 0 unspecified atom stereocenters. The van der Waals surface area contributed by atoms with Gasteiger partial charge < -0.3 is 9.80 Å². The number of H-pyrrole nitrogens is 1. The molecule has 0 radical (unpaired) electrons. The van der Waals surface area contributed by atoms with Gasteiger partial charge in [-0.1, -0.05) is 17.7 Å². The first-order valence-corrected chi connectivity index (χ1v) is 10.1. The van der Waals surface area contributed by atoms with Gasteiger partial charge in [0.15, 0.2) is 0 Å². The van der Waals surface area contributed by atoms with E-state index in [2.05, 4.69) is 20.0 Å². The van der Waals surface area contributed by atoms with Crippen molar-refractivity contribution in [3.05, 3.63) is 57.0 Å². The molecule has 0 spiro atoms. The van der Waals surface area contributed by atoms with E-state index in [0.29, 0.717) is 43.8 Å². The number of aromatic nitrogens is 4. The number of nitrogens with zero attached hydrogens (tertiary/aromatic N) is 5. The van der Waals surface area contributed by atoms with Crippen molar-refractivity contribution >= 4 is 17.6 Å². The third kappa shape index (κ3) is 3.28. The summed E-state index contributed by atoms with van der Waals surface area (Å²) in [7, 11) is 0. The molecule has 29 heavy (non-hydrogen) atoms. The molecule has 5 rings (SSSR count). The Hall–Kier alpha value is -3.16. The van der Waals surface area contributed by atoms with E-state index in [1.807, 2.05) is 36.9 Å². The second-order valence-electron chi connectivity index (χ2n) is 8.07. The first-order valence-electron chi connectivity index (χ1n) is 10.1. The summed E-state index contributed by atoms with van der Waals surface area (Å²) in [4.78, 5) is 38.3. The Morgan fingerprint density at radius 2 is 1.83 bits per heavy atom. The highest BCUT2D eigenvalue weighted by Gasteiger charge is 2.28. The SMILES string of the molecule is Cc1ccc(C)c(C(=O)N2CCN(c3nc4nc(C5CC5)cc(=O)n4[nH]3)CC2)c1. The number of amides is 1. The largest absolute Gasteiger partial charge is 0.338 e. The van der Waals surface area contributed by atoms with Gasteiger partial charge in [0.05, 0.1) is 5.69 Å². The highest BCUT2D eigenvalue weighted by Crippen LogP contribution is 2.38. The number of anilines is 1. The van der Waals surface area contributed by atoms with Crippen LogP contribution in [0, 0.1) is 13.8 Å². The van der Waals surface area contributed by atoms with Crippen LogP contribution in [0.5, 0.6) is 0 Å². The molecular formula is C21H24N6O2. The second-order valence-corrected chi connectivity index (χ2v) is 8.07. The molecule has 2 aliphatic rings. The number of fused-ring (bicyclic) bond motifs is 1. The fraction of sp³-hybridized carbons (Fsp3) is 0.429. The van der Waals surface area contributed by atoms with Gasteiger partial charge in [-0.05, 0) is 38.3 Å². The average molecular weight is 392 g/mol. The van der Waals surface area contributed by atoms with Gasteiger partial charge in [-0.3, -0.25) is 14.7 Å². The van der Waals surface area contributed by atoms with Crippen LogP contribution in [0.25, 0.3) is 5.78 Å². The van der Waals surface area contributed by atoms with Crippen molar-refractivity contribution < 1.29 is 4.79 Å². The van der Waals surface area contributed by atoms with Gasteiger partial charge in [0.25, 0.3) is 17.2 Å². The fourth-order valence-corrected chi connectivity index (χ4v) is 3.87. The predicted octanol–water partition coefficient (Wildman–Crippen LogP) is 1.87. The van der Waals surface area contributed by atoms with Crippen LogP contribution in [0.3, 0.4) is 0 Å². The Bertz CT molecular complexity index is 1150. The van der Waals surface area contributed by atoms with Gasteiger partial charge >= 0.3 is 0 Å². The number of carbonyl (C=O) groups excluding carboxylic acids is 1. The van der Waals surface area contributed by atoms with Gasteiger partial charge in [0, 0.05) is 43.7 Å². The number of benzene rings is 1. The number of aryl methyl sites for hydroxylation is 2. The molecule has 0 atom stereocenters. The van der Waals surface area contributed by atoms with Crippen molar-refractivity contribution in [2.24, 2.45) is 0 Å². The van der Waals surface area contributed by atoms with Crippen LogP contribution in [0.2, 0.25) is 0 Å². The Balaban J connectivity index is 1.32. The van der Waals surface area contributed by atoms with Crippen molar-refractivity contribution in [1.29, 1.82) is 0 Å². The van der Waals surface area contributed by atoms with Crippen LogP contribution in [0.15, 0.2) is 29.1 Å². The van der Waals surface area contributed by atoms with Crippen molar-refractivity contribution in [2.75, 3.05) is 31.1 Å². The molecule has 3 aromatic rings. The molecule has 8 heteroatoms. The normalized spacial score (nSPS) is 17.2. The summed E-state index contributed by atoms with van der Waals surface area (Å²) in [6.45, 7) is 6.50. The zero-order chi connectivity index (χ0) is 20.1. The average Bonchev–Trinajstić information content (AvgIpc) is 3.48. The van der Waals surface area contributed by atoms with E-state index in [0.717, 1.165) is 35.2 Å². The lowest BCUT2D eigenvalue weighted by molar-refractivity contribution is 0.0745. The topological polar surface area (TPSA) is 86.6 Å². The number of aromatic amines is 1. The zero-order valence-corrected chi connectivity index (χ0v) is 16.7. The maximum Gasteiger partial charge on any atom is 0.274 e. The molecule has 1 aromatic carbocycles. The first-order chi connectivity index (χ1) is 14.0. The summed E-state index contributed by atoms with van der Waals surface area (Å²) in [5.74, 6) is 1.53. The predicted molar refractivity (Wildman–Crippen MR) is 110 cm³/mol. The van der Waals surface area contributed by atoms with Gasteiger partial charge in [0.1, 0.15) is 0 Å². The fourth-order valence-electron chi connectivity index (χ4n) is 3.87. The Labute approximate surface area is 168 Å². The molecule has 2 aromatic heterocycles. The Morgan fingerprint density at radius 1 is 1.07 bits per heavy atom. The molecule has 0 bridgehead atoms. The summed E-state index contributed by atoms with van der Waals surface area (Å²) in [6, 6.07) is 7.58. The Morgan fingerprint density at radius 3 is 2.55 bits per heavy atom. The minimum Gasteiger partial charge on any atom is -0.338 e. The van der Waals surface area contributed by atoms with Crippen molar-refractivity contribution in [3.8, 4) is 0 Å². The minimum atomic E-state index is -0.126. The lowest BCUT2D eigenvalue weighted by atomic mass is 10.0. The van der Waals surface area contributed by atoms with Gasteiger partial charge in [-0.25, -0.2) is 4.98 Å². The highest BCUT2D eigenvalue weighted by atomic mass is 16.2. The summed E-state index contributed by atoms with van der Waals surface area (Å²) in [5.41, 5.74) is 3.57. The number of hydrogen-bond acceptors (Lipinski definition) is 5. The summed E-state index contributed by atoms with van der Waals surface area (Å²) < 4.78 is 1.40. The maximum absolute atomic E-state index is 12.9. The molecule has 2 fully saturated rings. The van der Waals surface area contributed by atoms with E-state index in [1.165, 1.54) is 4.52 Å². The van der Waals surface area contributed by atoms with E-state index in [4.69, 9.17) is 0 Å². The molecule has 8 nitrogen and oxygen atoms in total. The summed E-state index contributed by atoms with van der Waals surface area (Å²) >= 11 is 0. The van der Waals surface area contributed by atoms with E-state index < -0.39 is 0 Å². The number of piperazine rings is 1.